The predicted molar refractivity (Wildman–Crippen MR) is 59.2 cm³/mol. The Labute approximate surface area is 86.9 Å². The molecule has 70 valence electrons. The Morgan fingerprint density at radius 3 is 3.15 bits per heavy atom. The van der Waals surface area contributed by atoms with Crippen molar-refractivity contribution in [3.63, 3.8) is 0 Å². The fourth-order valence-corrected chi connectivity index (χ4v) is 2.03. The van der Waals surface area contributed by atoms with Crippen LogP contribution in [0.25, 0.3) is 0 Å². The summed E-state index contributed by atoms with van der Waals surface area (Å²) in [5.74, 6) is 0. The number of anilines is 1. The van der Waals surface area contributed by atoms with E-state index >= 15 is 0 Å². The molecule has 0 bridgehead atoms. The molecule has 3 heteroatoms. The molecule has 1 unspecified atom stereocenters. The summed E-state index contributed by atoms with van der Waals surface area (Å²) >= 11 is 3.47. The van der Waals surface area contributed by atoms with Crippen molar-refractivity contribution in [3.05, 3.63) is 28.2 Å². The van der Waals surface area contributed by atoms with E-state index < -0.39 is 0 Å². The van der Waals surface area contributed by atoms with Crippen LogP contribution in [0.1, 0.15) is 5.56 Å². The lowest BCUT2D eigenvalue weighted by Gasteiger charge is -2.25. The van der Waals surface area contributed by atoms with Gasteiger partial charge in [-0.05, 0) is 31.2 Å². The normalized spacial score (nSPS) is 20.6. The summed E-state index contributed by atoms with van der Waals surface area (Å²) < 4.78 is 1.14. The van der Waals surface area contributed by atoms with Gasteiger partial charge in [-0.2, -0.15) is 0 Å². The van der Waals surface area contributed by atoms with E-state index in [0.717, 1.165) is 17.4 Å². The van der Waals surface area contributed by atoms with E-state index in [-0.39, 0.29) is 0 Å². The van der Waals surface area contributed by atoms with Gasteiger partial charge in [-0.1, -0.05) is 22.0 Å². The SMILES string of the molecule is CNC1CNc2cc(Br)ccc2C1. The van der Waals surface area contributed by atoms with Gasteiger partial charge in [0.15, 0.2) is 0 Å². The lowest BCUT2D eigenvalue weighted by atomic mass is 10.00. The van der Waals surface area contributed by atoms with E-state index in [1.807, 2.05) is 7.05 Å². The molecule has 2 rings (SSSR count). The Bertz CT molecular complexity index is 312. The average Bonchev–Trinajstić information content (AvgIpc) is 2.17. The third-order valence-electron chi connectivity index (χ3n) is 2.49. The zero-order valence-electron chi connectivity index (χ0n) is 7.60. The lowest BCUT2D eigenvalue weighted by Crippen LogP contribution is -2.38. The van der Waals surface area contributed by atoms with Crippen molar-refractivity contribution >= 4 is 21.6 Å². The Balaban J connectivity index is 2.26. The number of benzene rings is 1. The lowest BCUT2D eigenvalue weighted by molar-refractivity contribution is 0.570. The van der Waals surface area contributed by atoms with Crippen LogP contribution in [-0.4, -0.2) is 19.6 Å². The first-order valence-electron chi connectivity index (χ1n) is 4.49. The van der Waals surface area contributed by atoms with E-state index in [1.165, 1.54) is 11.3 Å². The molecule has 0 aromatic heterocycles. The van der Waals surface area contributed by atoms with Crippen LogP contribution in [0.15, 0.2) is 22.7 Å². The third-order valence-corrected chi connectivity index (χ3v) is 2.98. The summed E-state index contributed by atoms with van der Waals surface area (Å²) in [7, 11) is 2.01. The monoisotopic (exact) mass is 240 g/mol. The van der Waals surface area contributed by atoms with Gasteiger partial charge in [0.2, 0.25) is 0 Å². The molecular formula is C10H13BrN2. The Morgan fingerprint density at radius 1 is 1.54 bits per heavy atom. The maximum Gasteiger partial charge on any atom is 0.0385 e. The van der Waals surface area contributed by atoms with Crippen LogP contribution in [0.3, 0.4) is 0 Å². The molecule has 1 aromatic carbocycles. The molecule has 0 spiro atoms. The molecule has 1 atom stereocenters. The molecule has 2 N–H and O–H groups in total. The van der Waals surface area contributed by atoms with E-state index in [4.69, 9.17) is 0 Å². The molecule has 2 nitrogen and oxygen atoms in total. The van der Waals surface area contributed by atoms with Gasteiger partial charge in [-0.15, -0.1) is 0 Å². The largest absolute Gasteiger partial charge is 0.383 e. The quantitative estimate of drug-likeness (QED) is 0.785. The molecule has 1 aliphatic heterocycles. The van der Waals surface area contributed by atoms with Crippen molar-refractivity contribution in [1.82, 2.24) is 5.32 Å². The van der Waals surface area contributed by atoms with Crippen LogP contribution in [0, 0.1) is 0 Å². The molecule has 1 heterocycles. The number of rotatable bonds is 1. The topological polar surface area (TPSA) is 24.1 Å². The van der Waals surface area contributed by atoms with Crippen LogP contribution in [0.4, 0.5) is 5.69 Å². The van der Waals surface area contributed by atoms with Gasteiger partial charge in [-0.3, -0.25) is 0 Å². The molecule has 13 heavy (non-hydrogen) atoms. The minimum atomic E-state index is 0.564. The van der Waals surface area contributed by atoms with Gasteiger partial charge in [0.1, 0.15) is 0 Å². The van der Waals surface area contributed by atoms with Gasteiger partial charge in [0.05, 0.1) is 0 Å². The number of halogens is 1. The number of hydrogen-bond acceptors (Lipinski definition) is 2. The number of likely N-dealkylation sites (N-methyl/N-ethyl adjacent to an activating group) is 1. The fourth-order valence-electron chi connectivity index (χ4n) is 1.67. The van der Waals surface area contributed by atoms with Gasteiger partial charge in [0, 0.05) is 22.7 Å². The average molecular weight is 241 g/mol. The molecule has 0 fully saturated rings. The van der Waals surface area contributed by atoms with Crippen molar-refractivity contribution in [2.45, 2.75) is 12.5 Å². The molecule has 1 aliphatic rings. The highest BCUT2D eigenvalue weighted by Crippen LogP contribution is 2.25. The molecule has 1 aromatic rings. The molecular weight excluding hydrogens is 228 g/mol. The van der Waals surface area contributed by atoms with E-state index in [2.05, 4.69) is 44.8 Å². The van der Waals surface area contributed by atoms with Crippen LogP contribution in [0.2, 0.25) is 0 Å². The second kappa shape index (κ2) is 3.68. The Kier molecular flexibility index (Phi) is 2.56. The highest BCUT2D eigenvalue weighted by molar-refractivity contribution is 9.10. The minimum absolute atomic E-state index is 0.564. The second-order valence-electron chi connectivity index (χ2n) is 3.37. The van der Waals surface area contributed by atoms with E-state index in [0.29, 0.717) is 6.04 Å². The summed E-state index contributed by atoms with van der Waals surface area (Å²) in [5.41, 5.74) is 2.66. The fraction of sp³-hybridized carbons (Fsp3) is 0.400. The molecule has 0 saturated heterocycles. The van der Waals surface area contributed by atoms with E-state index in [1.54, 1.807) is 0 Å². The van der Waals surface area contributed by atoms with Crippen molar-refractivity contribution < 1.29 is 0 Å². The van der Waals surface area contributed by atoms with Crippen LogP contribution in [0.5, 0.6) is 0 Å². The van der Waals surface area contributed by atoms with Crippen molar-refractivity contribution in [1.29, 1.82) is 0 Å². The Hall–Kier alpha value is -0.540. The maximum absolute atomic E-state index is 3.47. The number of hydrogen-bond donors (Lipinski definition) is 2. The van der Waals surface area contributed by atoms with Crippen molar-refractivity contribution in [2.24, 2.45) is 0 Å². The van der Waals surface area contributed by atoms with Crippen molar-refractivity contribution in [3.8, 4) is 0 Å². The second-order valence-corrected chi connectivity index (χ2v) is 4.29. The summed E-state index contributed by atoms with van der Waals surface area (Å²) in [6.45, 7) is 1.01. The highest BCUT2D eigenvalue weighted by atomic mass is 79.9. The van der Waals surface area contributed by atoms with Crippen LogP contribution < -0.4 is 10.6 Å². The van der Waals surface area contributed by atoms with Gasteiger partial charge < -0.3 is 10.6 Å². The molecule has 0 radical (unpaired) electrons. The predicted octanol–water partition coefficient (Wildman–Crippen LogP) is 2.01. The zero-order valence-corrected chi connectivity index (χ0v) is 9.19. The van der Waals surface area contributed by atoms with Gasteiger partial charge >= 0.3 is 0 Å². The summed E-state index contributed by atoms with van der Waals surface area (Å²) in [5, 5.41) is 6.70. The van der Waals surface area contributed by atoms with Crippen molar-refractivity contribution in [2.75, 3.05) is 18.9 Å². The third kappa shape index (κ3) is 1.86. The smallest absolute Gasteiger partial charge is 0.0385 e. The maximum atomic E-state index is 3.47. The number of fused-ring (bicyclic) bond motifs is 1. The van der Waals surface area contributed by atoms with Crippen LogP contribution >= 0.6 is 15.9 Å². The highest BCUT2D eigenvalue weighted by Gasteiger charge is 2.15. The summed E-state index contributed by atoms with van der Waals surface area (Å²) in [6, 6.07) is 6.98. The molecule has 0 aliphatic carbocycles. The Morgan fingerprint density at radius 2 is 2.38 bits per heavy atom. The standard InChI is InChI=1S/C10H13BrN2/c1-12-9-4-7-2-3-8(11)5-10(7)13-6-9/h2-3,5,9,12-13H,4,6H2,1H3. The molecule has 0 amide bonds. The van der Waals surface area contributed by atoms with Crippen LogP contribution in [-0.2, 0) is 6.42 Å². The number of nitrogens with one attached hydrogen (secondary N) is 2. The summed E-state index contributed by atoms with van der Waals surface area (Å²) in [6.07, 6.45) is 1.12. The first-order chi connectivity index (χ1) is 6.29. The first-order valence-corrected chi connectivity index (χ1v) is 5.28. The van der Waals surface area contributed by atoms with E-state index in [9.17, 15) is 0 Å². The minimum Gasteiger partial charge on any atom is -0.383 e. The van der Waals surface area contributed by atoms with Gasteiger partial charge in [-0.25, -0.2) is 0 Å². The van der Waals surface area contributed by atoms with Gasteiger partial charge in [0.25, 0.3) is 0 Å². The zero-order chi connectivity index (χ0) is 9.26. The summed E-state index contributed by atoms with van der Waals surface area (Å²) in [4.78, 5) is 0. The first kappa shape index (κ1) is 9.03. The molecule has 0 saturated carbocycles.